The number of hydrogen-bond acceptors (Lipinski definition) is 4. The van der Waals surface area contributed by atoms with Crippen molar-refractivity contribution in [3.8, 4) is 0 Å². The molecule has 6 nitrogen and oxygen atoms in total. The van der Waals surface area contributed by atoms with Gasteiger partial charge in [0.1, 0.15) is 0 Å². The quantitative estimate of drug-likeness (QED) is 0.713. The molecule has 0 aromatic rings. The van der Waals surface area contributed by atoms with Crippen LogP contribution in [0.25, 0.3) is 0 Å². The predicted molar refractivity (Wildman–Crippen MR) is 108 cm³/mol. The van der Waals surface area contributed by atoms with Gasteiger partial charge in [-0.15, -0.1) is 0 Å². The predicted octanol–water partition coefficient (Wildman–Crippen LogP) is 2.23. The van der Waals surface area contributed by atoms with Crippen molar-refractivity contribution >= 4 is 15.9 Å². The number of fused-ring (bicyclic) bond motifs is 1. The molecule has 0 heterocycles. The lowest BCUT2D eigenvalue weighted by Gasteiger charge is -2.56. The van der Waals surface area contributed by atoms with E-state index >= 15 is 0 Å². The van der Waals surface area contributed by atoms with Crippen molar-refractivity contribution in [2.75, 3.05) is 19.3 Å². The van der Waals surface area contributed by atoms with Gasteiger partial charge in [0.15, 0.2) is 0 Å². The van der Waals surface area contributed by atoms with Crippen molar-refractivity contribution in [1.82, 2.24) is 9.62 Å². The van der Waals surface area contributed by atoms with Gasteiger partial charge in [0, 0.05) is 25.0 Å². The van der Waals surface area contributed by atoms with E-state index in [0.717, 1.165) is 25.7 Å². The monoisotopic (exact) mass is 402 g/mol. The zero-order valence-corrected chi connectivity index (χ0v) is 18.6. The number of sulfonamides is 1. The Morgan fingerprint density at radius 1 is 1.26 bits per heavy atom. The van der Waals surface area contributed by atoms with E-state index in [1.54, 1.807) is 0 Å². The molecule has 2 aliphatic rings. The first kappa shape index (κ1) is 22.6. The lowest BCUT2D eigenvalue weighted by Crippen LogP contribution is -2.58. The van der Waals surface area contributed by atoms with E-state index in [2.05, 4.69) is 11.6 Å². The summed E-state index contributed by atoms with van der Waals surface area (Å²) in [5, 5.41) is 11.3. The van der Waals surface area contributed by atoms with E-state index in [4.69, 9.17) is 0 Å². The Bertz CT molecular complexity index is 634. The summed E-state index contributed by atoms with van der Waals surface area (Å²) in [5.74, 6) is -0.152. The van der Waals surface area contributed by atoms with Crippen LogP contribution in [0.1, 0.15) is 60.3 Å². The summed E-state index contributed by atoms with van der Waals surface area (Å²) in [7, 11) is -3.29. The lowest BCUT2D eigenvalue weighted by atomic mass is 9.52. The summed E-state index contributed by atoms with van der Waals surface area (Å²) in [4.78, 5) is 14.7. The number of carbonyl (C=O) groups excluding carboxylic acids is 1. The van der Waals surface area contributed by atoms with Gasteiger partial charge in [-0.1, -0.05) is 20.8 Å². The molecular weight excluding hydrogens is 364 g/mol. The second kappa shape index (κ2) is 8.37. The third kappa shape index (κ3) is 4.67. The number of nitrogens with zero attached hydrogens (tertiary/aromatic N) is 1. The topological polar surface area (TPSA) is 86.7 Å². The van der Waals surface area contributed by atoms with Crippen molar-refractivity contribution in [2.24, 2.45) is 29.1 Å². The Hall–Kier alpha value is -0.660. The Morgan fingerprint density at radius 2 is 1.81 bits per heavy atom. The van der Waals surface area contributed by atoms with E-state index in [9.17, 15) is 18.3 Å². The minimum Gasteiger partial charge on any atom is -0.392 e. The van der Waals surface area contributed by atoms with Gasteiger partial charge in [0.05, 0.1) is 12.4 Å². The molecule has 0 aromatic carbocycles. The Kier molecular flexibility index (Phi) is 7.02. The summed E-state index contributed by atoms with van der Waals surface area (Å²) in [5.41, 5.74) is 0.00296. The normalized spacial score (nSPS) is 38.1. The molecular formula is C20H38N2O4S. The fourth-order valence-electron chi connectivity index (χ4n) is 5.74. The average Bonchev–Trinajstić information content (AvgIpc) is 2.57. The molecule has 0 bridgehead atoms. The van der Waals surface area contributed by atoms with Gasteiger partial charge in [-0.25, -0.2) is 13.1 Å². The maximum atomic E-state index is 12.8. The highest BCUT2D eigenvalue weighted by Gasteiger charge is 2.54. The molecule has 2 rings (SSSR count). The summed E-state index contributed by atoms with van der Waals surface area (Å²) in [6.45, 7) is 11.5. The number of rotatable bonds is 6. The molecule has 0 saturated heterocycles. The fourth-order valence-corrected chi connectivity index (χ4v) is 6.62. The Morgan fingerprint density at radius 3 is 2.33 bits per heavy atom. The van der Waals surface area contributed by atoms with Gasteiger partial charge in [-0.05, 0) is 62.7 Å². The zero-order valence-electron chi connectivity index (χ0n) is 17.7. The maximum absolute atomic E-state index is 12.8. The van der Waals surface area contributed by atoms with Gasteiger partial charge >= 0.3 is 0 Å². The third-order valence-corrected chi connectivity index (χ3v) is 8.09. The summed E-state index contributed by atoms with van der Waals surface area (Å²) in [6, 6.07) is -0.153. The number of amides is 1. The third-order valence-electron chi connectivity index (χ3n) is 7.36. The van der Waals surface area contributed by atoms with Crippen LogP contribution in [0, 0.1) is 29.1 Å². The van der Waals surface area contributed by atoms with Crippen LogP contribution in [0.2, 0.25) is 0 Å². The first-order valence-corrected chi connectivity index (χ1v) is 12.3. The average molecular weight is 403 g/mol. The number of aliphatic hydroxyl groups is 1. The standard InChI is InChI=1S/C20H38N2O4S/c1-7-22(8-2)19(24)13(3)15-9-11-20(5)12-10-16(21-27(6,25)26)14(4)17(20)18(15)23/h13-18,21,23H,7-12H2,1-6H3. The molecule has 2 N–H and O–H groups in total. The van der Waals surface area contributed by atoms with Crippen LogP contribution in [0.4, 0.5) is 0 Å². The van der Waals surface area contributed by atoms with Crippen molar-refractivity contribution in [3.63, 3.8) is 0 Å². The molecule has 7 atom stereocenters. The van der Waals surface area contributed by atoms with Gasteiger partial charge in [-0.2, -0.15) is 0 Å². The van der Waals surface area contributed by atoms with E-state index in [1.807, 2.05) is 32.6 Å². The van der Waals surface area contributed by atoms with Crippen LogP contribution in [0.5, 0.6) is 0 Å². The van der Waals surface area contributed by atoms with Crippen LogP contribution in [0.15, 0.2) is 0 Å². The smallest absolute Gasteiger partial charge is 0.225 e. The Labute approximate surface area is 165 Å². The van der Waals surface area contributed by atoms with Crippen molar-refractivity contribution < 1.29 is 18.3 Å². The molecule has 0 aromatic heterocycles. The van der Waals surface area contributed by atoms with Crippen LogP contribution in [0.3, 0.4) is 0 Å². The SMILES string of the molecule is CCN(CC)C(=O)C(C)C1CCC2(C)CCC(NS(C)(=O)=O)C(C)C2C1O. The van der Waals surface area contributed by atoms with Gasteiger partial charge < -0.3 is 10.0 Å². The molecule has 1 amide bonds. The van der Waals surface area contributed by atoms with Gasteiger partial charge in [0.2, 0.25) is 15.9 Å². The first-order chi connectivity index (χ1) is 12.4. The molecule has 0 aliphatic heterocycles. The molecule has 0 radical (unpaired) electrons. The molecule has 2 saturated carbocycles. The van der Waals surface area contributed by atoms with Crippen LogP contribution in [-0.2, 0) is 14.8 Å². The summed E-state index contributed by atoms with van der Waals surface area (Å²) in [6.07, 6.45) is 4.13. The molecule has 27 heavy (non-hydrogen) atoms. The second-order valence-electron chi connectivity index (χ2n) is 9.07. The van der Waals surface area contributed by atoms with Crippen molar-refractivity contribution in [3.05, 3.63) is 0 Å². The minimum atomic E-state index is -3.29. The molecule has 0 spiro atoms. The van der Waals surface area contributed by atoms with Gasteiger partial charge in [-0.3, -0.25) is 4.79 Å². The van der Waals surface area contributed by atoms with Crippen LogP contribution >= 0.6 is 0 Å². The molecule has 158 valence electrons. The summed E-state index contributed by atoms with van der Waals surface area (Å²) < 4.78 is 26.3. The van der Waals surface area contributed by atoms with E-state index in [1.165, 1.54) is 6.26 Å². The van der Waals surface area contributed by atoms with E-state index < -0.39 is 16.1 Å². The first-order valence-electron chi connectivity index (χ1n) is 10.4. The molecule has 7 heteroatoms. The van der Waals surface area contributed by atoms with Gasteiger partial charge in [0.25, 0.3) is 0 Å². The van der Waals surface area contributed by atoms with E-state index in [0.29, 0.717) is 13.1 Å². The summed E-state index contributed by atoms with van der Waals surface area (Å²) >= 11 is 0. The molecule has 2 aliphatic carbocycles. The molecule has 7 unspecified atom stereocenters. The molecule has 2 fully saturated rings. The van der Waals surface area contributed by atoms with Crippen LogP contribution < -0.4 is 4.72 Å². The highest BCUT2D eigenvalue weighted by atomic mass is 32.2. The fraction of sp³-hybridized carbons (Fsp3) is 0.950. The second-order valence-corrected chi connectivity index (χ2v) is 10.8. The highest BCUT2D eigenvalue weighted by Crippen LogP contribution is 2.55. The number of hydrogen-bond donors (Lipinski definition) is 2. The highest BCUT2D eigenvalue weighted by molar-refractivity contribution is 7.88. The number of carbonyl (C=O) groups is 1. The van der Waals surface area contributed by atoms with Crippen molar-refractivity contribution in [2.45, 2.75) is 72.4 Å². The lowest BCUT2D eigenvalue weighted by molar-refractivity contribution is -0.149. The van der Waals surface area contributed by atoms with Crippen LogP contribution in [-0.4, -0.2) is 55.8 Å². The maximum Gasteiger partial charge on any atom is 0.225 e. The number of nitrogens with one attached hydrogen (secondary N) is 1. The Balaban J connectivity index is 2.22. The minimum absolute atomic E-state index is 0.00296. The van der Waals surface area contributed by atoms with Crippen molar-refractivity contribution in [1.29, 1.82) is 0 Å². The zero-order chi connectivity index (χ0) is 20.6. The van der Waals surface area contributed by atoms with E-state index in [-0.39, 0.29) is 41.0 Å². The number of aliphatic hydroxyl groups excluding tert-OH is 1. The largest absolute Gasteiger partial charge is 0.392 e.